The van der Waals surface area contributed by atoms with E-state index >= 15 is 0 Å². The molecule has 1 atom stereocenters. The van der Waals surface area contributed by atoms with Crippen molar-refractivity contribution in [2.75, 3.05) is 14.2 Å². The van der Waals surface area contributed by atoms with Crippen LogP contribution in [0.25, 0.3) is 11.3 Å². The van der Waals surface area contributed by atoms with Gasteiger partial charge in [-0.15, -0.1) is 5.10 Å². The highest BCUT2D eigenvalue weighted by Gasteiger charge is 2.38. The van der Waals surface area contributed by atoms with E-state index in [-0.39, 0.29) is 27.9 Å². The Morgan fingerprint density at radius 2 is 1.97 bits per heavy atom. The Labute approximate surface area is 176 Å². The Kier molecular flexibility index (Phi) is 4.98. The van der Waals surface area contributed by atoms with Gasteiger partial charge in [0, 0.05) is 16.1 Å². The zero-order valence-corrected chi connectivity index (χ0v) is 16.7. The van der Waals surface area contributed by atoms with E-state index in [1.165, 1.54) is 26.4 Å². The molecule has 4 rings (SSSR count). The molecule has 0 saturated heterocycles. The van der Waals surface area contributed by atoms with Gasteiger partial charge in [0.2, 0.25) is 11.8 Å². The van der Waals surface area contributed by atoms with Crippen LogP contribution in [0.2, 0.25) is 5.02 Å². The number of benzene rings is 2. The number of fused-ring (bicyclic) bond motifs is 1. The summed E-state index contributed by atoms with van der Waals surface area (Å²) in [6.45, 7) is 0. The number of nitrogens with zero attached hydrogens (tertiary/aromatic N) is 2. The van der Waals surface area contributed by atoms with Crippen molar-refractivity contribution in [3.05, 3.63) is 69.8 Å². The van der Waals surface area contributed by atoms with Crippen LogP contribution in [-0.4, -0.2) is 24.4 Å². The largest absolute Gasteiger partial charge is 0.493 e. The highest BCUT2D eigenvalue weighted by atomic mass is 35.5. The molecule has 2 heterocycles. The minimum Gasteiger partial charge on any atom is -0.493 e. The summed E-state index contributed by atoms with van der Waals surface area (Å²) in [5.41, 5.74) is 7.72. The number of H-pyrrole nitrogens is 1. The molecule has 0 radical (unpaired) electrons. The van der Waals surface area contributed by atoms with E-state index in [0.717, 1.165) is 0 Å². The van der Waals surface area contributed by atoms with Crippen LogP contribution in [0.15, 0.2) is 47.9 Å². The fourth-order valence-electron chi connectivity index (χ4n) is 3.53. The van der Waals surface area contributed by atoms with Crippen molar-refractivity contribution in [3.8, 4) is 34.7 Å². The van der Waals surface area contributed by atoms with Crippen LogP contribution in [0, 0.1) is 17.1 Å². The van der Waals surface area contributed by atoms with Gasteiger partial charge in [0.05, 0.1) is 31.4 Å². The molecule has 0 fully saturated rings. The Morgan fingerprint density at radius 1 is 1.20 bits per heavy atom. The van der Waals surface area contributed by atoms with Gasteiger partial charge in [0.25, 0.3) is 0 Å². The lowest BCUT2D eigenvalue weighted by atomic mass is 9.82. The highest BCUT2D eigenvalue weighted by Crippen LogP contribution is 2.48. The molecule has 3 N–H and O–H groups in total. The van der Waals surface area contributed by atoms with E-state index in [0.29, 0.717) is 28.3 Å². The van der Waals surface area contributed by atoms with Crippen molar-refractivity contribution in [2.45, 2.75) is 5.92 Å². The van der Waals surface area contributed by atoms with Crippen LogP contribution in [0.5, 0.6) is 17.4 Å². The number of ether oxygens (including phenoxy) is 3. The Hall–Kier alpha value is -3.70. The average molecular weight is 427 g/mol. The van der Waals surface area contributed by atoms with Crippen molar-refractivity contribution in [3.63, 3.8) is 0 Å². The van der Waals surface area contributed by atoms with Gasteiger partial charge in [-0.25, -0.2) is 4.39 Å². The molecule has 0 bridgehead atoms. The first-order valence-corrected chi connectivity index (χ1v) is 9.20. The van der Waals surface area contributed by atoms with E-state index in [2.05, 4.69) is 10.2 Å². The van der Waals surface area contributed by atoms with Crippen LogP contribution < -0.4 is 19.9 Å². The average Bonchev–Trinajstić information content (AvgIpc) is 3.16. The molecular weight excluding hydrogens is 411 g/mol. The molecule has 30 heavy (non-hydrogen) atoms. The molecule has 152 valence electrons. The predicted molar refractivity (Wildman–Crippen MR) is 108 cm³/mol. The van der Waals surface area contributed by atoms with Crippen molar-refractivity contribution in [1.29, 1.82) is 5.26 Å². The fraction of sp³-hybridized carbons (Fsp3) is 0.143. The maximum atomic E-state index is 14.9. The monoisotopic (exact) mass is 426 g/mol. The number of allylic oxidation sites excluding steroid dienone is 1. The van der Waals surface area contributed by atoms with E-state index in [4.69, 9.17) is 31.5 Å². The van der Waals surface area contributed by atoms with Crippen LogP contribution in [0.1, 0.15) is 17.0 Å². The third-order valence-corrected chi connectivity index (χ3v) is 5.23. The van der Waals surface area contributed by atoms with Gasteiger partial charge in [0.15, 0.2) is 11.5 Å². The van der Waals surface area contributed by atoms with Crippen molar-refractivity contribution < 1.29 is 18.6 Å². The van der Waals surface area contributed by atoms with Gasteiger partial charge in [0.1, 0.15) is 17.5 Å². The van der Waals surface area contributed by atoms with Crippen LogP contribution >= 0.6 is 11.6 Å². The number of hydrogen-bond acceptors (Lipinski definition) is 6. The number of aromatic amines is 1. The molecule has 9 heteroatoms. The summed E-state index contributed by atoms with van der Waals surface area (Å²) in [4.78, 5) is 0. The standard InChI is InChI=1S/C21H16ClFN4O3/c1-28-14-7-6-10(8-15(14)29-2)19-18-16(17-12(22)4-3-5-13(17)23)11(9-24)20(25)30-21(18)27-26-19/h3-8,16H,25H2,1-2H3,(H,26,27)/t16-/m1/s1. The number of aromatic nitrogens is 2. The second kappa shape index (κ2) is 7.61. The lowest BCUT2D eigenvalue weighted by Crippen LogP contribution is -2.21. The second-order valence-electron chi connectivity index (χ2n) is 6.45. The van der Waals surface area contributed by atoms with E-state index in [1.807, 2.05) is 6.07 Å². The quantitative estimate of drug-likeness (QED) is 0.650. The van der Waals surface area contributed by atoms with Crippen molar-refractivity contribution in [2.24, 2.45) is 5.73 Å². The van der Waals surface area contributed by atoms with Gasteiger partial charge in [-0.2, -0.15) is 5.26 Å². The lowest BCUT2D eigenvalue weighted by Gasteiger charge is -2.25. The number of rotatable bonds is 4. The molecule has 2 aromatic carbocycles. The van der Waals surface area contributed by atoms with Gasteiger partial charge < -0.3 is 19.9 Å². The minimum absolute atomic E-state index is 0.0395. The van der Waals surface area contributed by atoms with Crippen LogP contribution in [-0.2, 0) is 0 Å². The van der Waals surface area contributed by atoms with Gasteiger partial charge in [-0.3, -0.25) is 5.10 Å². The van der Waals surface area contributed by atoms with Crippen molar-refractivity contribution >= 4 is 11.6 Å². The number of nitrogens with two attached hydrogens (primary N) is 1. The molecular formula is C21H16ClFN4O3. The minimum atomic E-state index is -0.908. The molecule has 1 aromatic heterocycles. The number of methoxy groups -OCH3 is 2. The molecule has 0 spiro atoms. The van der Waals surface area contributed by atoms with Gasteiger partial charge >= 0.3 is 0 Å². The Morgan fingerprint density at radius 3 is 2.63 bits per heavy atom. The van der Waals surface area contributed by atoms with E-state index < -0.39 is 11.7 Å². The number of nitriles is 1. The van der Waals surface area contributed by atoms with Crippen LogP contribution in [0.4, 0.5) is 4.39 Å². The third-order valence-electron chi connectivity index (χ3n) is 4.90. The topological polar surface area (TPSA) is 106 Å². The maximum absolute atomic E-state index is 14.9. The number of nitrogens with one attached hydrogen (secondary N) is 1. The molecule has 0 aliphatic carbocycles. The number of halogens is 2. The normalized spacial score (nSPS) is 15.2. The first-order valence-electron chi connectivity index (χ1n) is 8.82. The summed E-state index contributed by atoms with van der Waals surface area (Å²) in [7, 11) is 3.05. The summed E-state index contributed by atoms with van der Waals surface area (Å²) < 4.78 is 31.1. The molecule has 0 amide bonds. The summed E-state index contributed by atoms with van der Waals surface area (Å²) in [5.74, 6) is -0.456. The number of hydrogen-bond donors (Lipinski definition) is 2. The summed E-state index contributed by atoms with van der Waals surface area (Å²) >= 11 is 6.33. The van der Waals surface area contributed by atoms with Gasteiger partial charge in [-0.05, 0) is 30.3 Å². The van der Waals surface area contributed by atoms with Crippen LogP contribution in [0.3, 0.4) is 0 Å². The molecule has 7 nitrogen and oxygen atoms in total. The molecule has 0 unspecified atom stereocenters. The third kappa shape index (κ3) is 3.00. The Bertz CT molecular complexity index is 1200. The molecule has 3 aromatic rings. The zero-order chi connectivity index (χ0) is 21.4. The summed E-state index contributed by atoms with van der Waals surface area (Å²) in [6.07, 6.45) is 0. The van der Waals surface area contributed by atoms with E-state index in [1.54, 1.807) is 24.3 Å². The highest BCUT2D eigenvalue weighted by molar-refractivity contribution is 6.31. The smallest absolute Gasteiger partial charge is 0.244 e. The zero-order valence-electron chi connectivity index (χ0n) is 16.0. The summed E-state index contributed by atoms with van der Waals surface area (Å²) in [6, 6.07) is 11.6. The Balaban J connectivity index is 1.98. The van der Waals surface area contributed by atoms with Crippen molar-refractivity contribution in [1.82, 2.24) is 10.2 Å². The molecule has 0 saturated carbocycles. The molecule has 1 aliphatic rings. The maximum Gasteiger partial charge on any atom is 0.244 e. The lowest BCUT2D eigenvalue weighted by molar-refractivity contribution is 0.355. The van der Waals surface area contributed by atoms with Gasteiger partial charge in [-0.1, -0.05) is 17.7 Å². The first-order chi connectivity index (χ1) is 14.5. The second-order valence-corrected chi connectivity index (χ2v) is 6.85. The van der Waals surface area contributed by atoms with E-state index in [9.17, 15) is 9.65 Å². The SMILES string of the molecule is COc1ccc(-c2[nH]nc3c2[C@@H](c2c(F)cccc2Cl)C(C#N)=C(N)O3)cc1OC. The molecule has 1 aliphatic heterocycles. The first kappa shape index (κ1) is 19.6. The predicted octanol–water partition coefficient (Wildman–Crippen LogP) is 4.10. The fourth-order valence-corrected chi connectivity index (χ4v) is 3.80. The summed E-state index contributed by atoms with van der Waals surface area (Å²) in [5, 5.41) is 17.0.